The van der Waals surface area contributed by atoms with Crippen LogP contribution in [0.25, 0.3) is 0 Å². The maximum absolute atomic E-state index is 13.8. The molecule has 20 heavy (non-hydrogen) atoms. The minimum atomic E-state index is -0.182. The lowest BCUT2D eigenvalue weighted by atomic mass is 10.0. The minimum Gasteiger partial charge on any atom is -0.383 e. The van der Waals surface area contributed by atoms with Crippen molar-refractivity contribution in [1.82, 2.24) is 9.78 Å². The zero-order chi connectivity index (χ0) is 14.4. The summed E-state index contributed by atoms with van der Waals surface area (Å²) in [5.74, 6) is -0.182. The van der Waals surface area contributed by atoms with Gasteiger partial charge >= 0.3 is 0 Å². The van der Waals surface area contributed by atoms with Crippen LogP contribution in [-0.2, 0) is 11.3 Å². The number of hydrogen-bond donors (Lipinski definition) is 1. The van der Waals surface area contributed by atoms with Gasteiger partial charge in [-0.1, -0.05) is 25.1 Å². The average Bonchev–Trinajstić information content (AvgIpc) is 2.91. The lowest BCUT2D eigenvalue weighted by Crippen LogP contribution is -2.11. The number of methoxy groups -OCH3 is 1. The molecule has 1 aromatic heterocycles. The number of nitrogens with zero attached hydrogens (tertiary/aromatic N) is 2. The Morgan fingerprint density at radius 2 is 2.20 bits per heavy atom. The Bertz CT molecular complexity index is 541. The highest BCUT2D eigenvalue weighted by Gasteiger charge is 2.13. The van der Waals surface area contributed by atoms with Gasteiger partial charge in [0.1, 0.15) is 5.82 Å². The van der Waals surface area contributed by atoms with E-state index in [1.807, 2.05) is 25.3 Å². The molecule has 2 aromatic rings. The summed E-state index contributed by atoms with van der Waals surface area (Å²) in [4.78, 5) is 0. The summed E-state index contributed by atoms with van der Waals surface area (Å²) in [5, 5.41) is 7.56. The summed E-state index contributed by atoms with van der Waals surface area (Å²) in [6.07, 6.45) is 4.45. The van der Waals surface area contributed by atoms with Crippen LogP contribution < -0.4 is 5.32 Å². The molecule has 0 amide bonds. The lowest BCUT2D eigenvalue weighted by molar-refractivity contribution is 0.183. The van der Waals surface area contributed by atoms with Gasteiger partial charge in [-0.3, -0.25) is 4.68 Å². The van der Waals surface area contributed by atoms with E-state index in [-0.39, 0.29) is 11.9 Å². The number of benzene rings is 1. The third kappa shape index (κ3) is 3.57. The predicted octanol–water partition coefficient (Wildman–Crippen LogP) is 3.23. The van der Waals surface area contributed by atoms with Gasteiger partial charge in [-0.15, -0.1) is 0 Å². The molecule has 2 rings (SSSR count). The van der Waals surface area contributed by atoms with E-state index in [1.165, 1.54) is 6.07 Å². The third-order valence-electron chi connectivity index (χ3n) is 3.19. The standard InChI is InChI=1S/C15H20FN3O/c1-3-15(13-6-4-5-7-14(13)16)18-12-10-17-19(11-12)8-9-20-2/h4-7,10-11,15,18H,3,8-9H2,1-2H3. The number of nitrogens with one attached hydrogen (secondary N) is 1. The number of anilines is 1. The fraction of sp³-hybridized carbons (Fsp3) is 0.400. The molecular weight excluding hydrogens is 257 g/mol. The normalized spacial score (nSPS) is 12.3. The molecule has 0 aliphatic carbocycles. The van der Waals surface area contributed by atoms with E-state index in [2.05, 4.69) is 10.4 Å². The fourth-order valence-corrected chi connectivity index (χ4v) is 2.10. The molecule has 0 aliphatic heterocycles. The Balaban J connectivity index is 2.07. The van der Waals surface area contributed by atoms with E-state index < -0.39 is 0 Å². The topological polar surface area (TPSA) is 39.1 Å². The third-order valence-corrected chi connectivity index (χ3v) is 3.19. The van der Waals surface area contributed by atoms with Crippen molar-refractivity contribution < 1.29 is 9.13 Å². The van der Waals surface area contributed by atoms with Crippen LogP contribution in [0.3, 0.4) is 0 Å². The SMILES string of the molecule is CCC(Nc1cnn(CCOC)c1)c1ccccc1F. The summed E-state index contributed by atoms with van der Waals surface area (Å²) < 4.78 is 20.6. The van der Waals surface area contributed by atoms with E-state index in [0.717, 1.165) is 12.1 Å². The number of ether oxygens (including phenoxy) is 1. The van der Waals surface area contributed by atoms with Gasteiger partial charge < -0.3 is 10.1 Å². The molecule has 108 valence electrons. The van der Waals surface area contributed by atoms with Gasteiger partial charge in [0.25, 0.3) is 0 Å². The lowest BCUT2D eigenvalue weighted by Gasteiger charge is -2.18. The molecule has 1 atom stereocenters. The Morgan fingerprint density at radius 3 is 2.90 bits per heavy atom. The molecule has 4 nitrogen and oxygen atoms in total. The first-order valence-corrected chi connectivity index (χ1v) is 6.77. The summed E-state index contributed by atoms with van der Waals surface area (Å²) in [7, 11) is 1.66. The van der Waals surface area contributed by atoms with Crippen LogP contribution in [0, 0.1) is 5.82 Å². The van der Waals surface area contributed by atoms with Crippen molar-refractivity contribution in [3.63, 3.8) is 0 Å². The van der Waals surface area contributed by atoms with Crippen LogP contribution in [0.4, 0.5) is 10.1 Å². The Labute approximate surface area is 118 Å². The predicted molar refractivity (Wildman–Crippen MR) is 77.2 cm³/mol. The highest BCUT2D eigenvalue weighted by atomic mass is 19.1. The second-order valence-electron chi connectivity index (χ2n) is 4.61. The van der Waals surface area contributed by atoms with E-state index in [9.17, 15) is 4.39 Å². The fourth-order valence-electron chi connectivity index (χ4n) is 2.10. The van der Waals surface area contributed by atoms with Gasteiger partial charge in [-0.25, -0.2) is 4.39 Å². The molecule has 0 aliphatic rings. The first-order chi connectivity index (χ1) is 9.74. The maximum Gasteiger partial charge on any atom is 0.128 e. The molecule has 0 saturated carbocycles. The molecular formula is C15H20FN3O. The minimum absolute atomic E-state index is 0.0590. The van der Waals surface area contributed by atoms with E-state index in [0.29, 0.717) is 18.7 Å². The molecule has 0 radical (unpaired) electrons. The van der Waals surface area contributed by atoms with Crippen LogP contribution in [0.15, 0.2) is 36.7 Å². The Kier molecular flexibility index (Phi) is 5.12. The Morgan fingerprint density at radius 1 is 1.40 bits per heavy atom. The zero-order valence-electron chi connectivity index (χ0n) is 11.8. The van der Waals surface area contributed by atoms with Crippen molar-refractivity contribution in [1.29, 1.82) is 0 Å². The van der Waals surface area contributed by atoms with Crippen LogP contribution in [0.1, 0.15) is 24.9 Å². The number of aromatic nitrogens is 2. The summed E-state index contributed by atoms with van der Waals surface area (Å²) in [5.41, 5.74) is 1.57. The van der Waals surface area contributed by atoms with Gasteiger partial charge in [0.15, 0.2) is 0 Å². The van der Waals surface area contributed by atoms with Gasteiger partial charge in [-0.05, 0) is 12.5 Å². The van der Waals surface area contributed by atoms with Crippen LogP contribution in [0.2, 0.25) is 0 Å². The van der Waals surface area contributed by atoms with E-state index in [1.54, 1.807) is 24.1 Å². The van der Waals surface area contributed by atoms with Crippen LogP contribution in [0.5, 0.6) is 0 Å². The van der Waals surface area contributed by atoms with E-state index >= 15 is 0 Å². The van der Waals surface area contributed by atoms with Gasteiger partial charge in [0.2, 0.25) is 0 Å². The molecule has 0 spiro atoms. The molecule has 1 aromatic carbocycles. The average molecular weight is 277 g/mol. The second-order valence-corrected chi connectivity index (χ2v) is 4.61. The number of hydrogen-bond acceptors (Lipinski definition) is 3. The molecule has 1 N–H and O–H groups in total. The second kappa shape index (κ2) is 7.05. The number of halogens is 1. The maximum atomic E-state index is 13.8. The Hall–Kier alpha value is -1.88. The monoisotopic (exact) mass is 277 g/mol. The zero-order valence-corrected chi connectivity index (χ0v) is 11.8. The molecule has 5 heteroatoms. The molecule has 1 heterocycles. The van der Waals surface area contributed by atoms with Crippen LogP contribution >= 0.6 is 0 Å². The van der Waals surface area contributed by atoms with E-state index in [4.69, 9.17) is 4.74 Å². The smallest absolute Gasteiger partial charge is 0.128 e. The first-order valence-electron chi connectivity index (χ1n) is 6.77. The van der Waals surface area contributed by atoms with Crippen molar-refractivity contribution in [2.24, 2.45) is 0 Å². The quantitative estimate of drug-likeness (QED) is 0.844. The highest BCUT2D eigenvalue weighted by molar-refractivity contribution is 5.42. The molecule has 0 fully saturated rings. The van der Waals surface area contributed by atoms with Crippen molar-refractivity contribution >= 4 is 5.69 Å². The molecule has 0 saturated heterocycles. The van der Waals surface area contributed by atoms with Crippen molar-refractivity contribution in [3.05, 3.63) is 48.0 Å². The molecule has 0 bridgehead atoms. The largest absolute Gasteiger partial charge is 0.383 e. The van der Waals surface area contributed by atoms with Gasteiger partial charge in [-0.2, -0.15) is 5.10 Å². The summed E-state index contributed by atoms with van der Waals surface area (Å²) >= 11 is 0. The van der Waals surface area contributed by atoms with Gasteiger partial charge in [0, 0.05) is 18.9 Å². The van der Waals surface area contributed by atoms with Crippen molar-refractivity contribution in [2.45, 2.75) is 25.9 Å². The first kappa shape index (κ1) is 14.5. The summed E-state index contributed by atoms with van der Waals surface area (Å²) in [6.45, 7) is 3.35. The van der Waals surface area contributed by atoms with Gasteiger partial charge in [0.05, 0.1) is 31.1 Å². The molecule has 1 unspecified atom stereocenters. The number of rotatable bonds is 7. The van der Waals surface area contributed by atoms with Crippen molar-refractivity contribution in [2.75, 3.05) is 19.0 Å². The van der Waals surface area contributed by atoms with Crippen LogP contribution in [-0.4, -0.2) is 23.5 Å². The summed E-state index contributed by atoms with van der Waals surface area (Å²) in [6, 6.07) is 6.79. The van der Waals surface area contributed by atoms with Crippen molar-refractivity contribution in [3.8, 4) is 0 Å². The highest BCUT2D eigenvalue weighted by Crippen LogP contribution is 2.24.